The van der Waals surface area contributed by atoms with E-state index in [9.17, 15) is 4.79 Å². The summed E-state index contributed by atoms with van der Waals surface area (Å²) in [5.74, 6) is 1.25. The third-order valence-electron chi connectivity index (χ3n) is 9.48. The molecule has 2 aliphatic heterocycles. The molecule has 0 radical (unpaired) electrons. The van der Waals surface area contributed by atoms with Crippen molar-refractivity contribution >= 4 is 5.97 Å². The van der Waals surface area contributed by atoms with Gasteiger partial charge in [-0.3, -0.25) is 4.79 Å². The van der Waals surface area contributed by atoms with Gasteiger partial charge in [0.25, 0.3) is 0 Å². The van der Waals surface area contributed by atoms with Gasteiger partial charge in [0, 0.05) is 24.2 Å². The minimum atomic E-state index is 0.112. The van der Waals surface area contributed by atoms with Crippen LogP contribution in [0.15, 0.2) is 12.2 Å². The Morgan fingerprint density at radius 3 is 2.75 bits per heavy atom. The highest BCUT2D eigenvalue weighted by Crippen LogP contribution is 2.57. The molecule has 1 unspecified atom stereocenters. The highest BCUT2D eigenvalue weighted by molar-refractivity contribution is 5.75. The molecule has 0 aromatic rings. The molecule has 3 saturated carbocycles. The molecule has 3 heteroatoms. The van der Waals surface area contributed by atoms with E-state index in [0.717, 1.165) is 25.4 Å². The first-order chi connectivity index (χ1) is 13.1. The van der Waals surface area contributed by atoms with Crippen LogP contribution in [0, 0.1) is 34.0 Å². The van der Waals surface area contributed by atoms with Gasteiger partial charge in [-0.05, 0) is 55.3 Å². The highest BCUT2D eigenvalue weighted by Gasteiger charge is 2.58. The fourth-order valence-corrected chi connectivity index (χ4v) is 8.76. The van der Waals surface area contributed by atoms with Gasteiger partial charge in [0.15, 0.2) is 0 Å². The minimum absolute atomic E-state index is 0.112. The molecule has 2 saturated heterocycles. The van der Waals surface area contributed by atoms with Crippen molar-refractivity contribution in [3.8, 4) is 0 Å². The van der Waals surface area contributed by atoms with Crippen molar-refractivity contribution in [2.24, 2.45) is 34.0 Å². The SMILES string of the molecule is C=C1CCC[C@]2(C)C[C@H]3OC(=O)[C@H](C[NH+]4C[C@]5(C)C[C@H]4CC(C)(C)C5)[C@H]3C[C@@H]12. The Kier molecular flexibility index (Phi) is 4.17. The molecule has 3 aliphatic carbocycles. The van der Waals surface area contributed by atoms with Crippen molar-refractivity contribution in [1.29, 1.82) is 0 Å². The second kappa shape index (κ2) is 6.09. The zero-order valence-corrected chi connectivity index (χ0v) is 18.5. The standard InChI is InChI=1S/C25H39NO2/c1-16-7-6-8-25(5)12-21-18(9-20(16)25)19(22(27)28-21)13-26-15-24(4)11-17(26)10-23(2,3)14-24/h17-21H,1,6-15H2,2-5H3/p+1/t17-,18-,19-,20+,21-,24-,25-/m1/s1. The third-order valence-corrected chi connectivity index (χ3v) is 9.48. The summed E-state index contributed by atoms with van der Waals surface area (Å²) >= 11 is 0. The Hall–Kier alpha value is -0.830. The lowest BCUT2D eigenvalue weighted by Crippen LogP contribution is -3.14. The number of quaternary nitrogens is 1. The number of nitrogens with one attached hydrogen (secondary N) is 1. The van der Waals surface area contributed by atoms with Crippen LogP contribution in [0.3, 0.4) is 0 Å². The van der Waals surface area contributed by atoms with Gasteiger partial charge >= 0.3 is 5.97 Å². The Labute approximate surface area is 171 Å². The summed E-state index contributed by atoms with van der Waals surface area (Å²) in [7, 11) is 0. The molecule has 0 amide bonds. The van der Waals surface area contributed by atoms with E-state index in [-0.39, 0.29) is 18.0 Å². The minimum Gasteiger partial charge on any atom is -0.462 e. The van der Waals surface area contributed by atoms with Crippen LogP contribution < -0.4 is 4.90 Å². The van der Waals surface area contributed by atoms with Crippen LogP contribution in [0.4, 0.5) is 0 Å². The van der Waals surface area contributed by atoms with Crippen LogP contribution in [-0.4, -0.2) is 31.2 Å². The maximum Gasteiger partial charge on any atom is 0.315 e. The smallest absolute Gasteiger partial charge is 0.315 e. The molecular formula is C25H40NO2+. The Bertz CT molecular complexity index is 699. The summed E-state index contributed by atoms with van der Waals surface area (Å²) in [6, 6.07) is 0.735. The number of likely N-dealkylation sites (tertiary alicyclic amines) is 1. The average Bonchev–Trinajstić information content (AvgIpc) is 2.97. The number of allylic oxidation sites excluding steroid dienone is 1. The second-order valence-corrected chi connectivity index (χ2v) is 12.7. The van der Waals surface area contributed by atoms with Gasteiger partial charge in [0.2, 0.25) is 0 Å². The molecule has 2 bridgehead atoms. The Morgan fingerprint density at radius 2 is 1.96 bits per heavy atom. The summed E-state index contributed by atoms with van der Waals surface area (Å²) in [5, 5.41) is 0. The third kappa shape index (κ3) is 2.99. The number of rotatable bonds is 2. The van der Waals surface area contributed by atoms with Crippen molar-refractivity contribution in [2.75, 3.05) is 13.1 Å². The van der Waals surface area contributed by atoms with Crippen molar-refractivity contribution in [3.05, 3.63) is 12.2 Å². The zero-order chi connectivity index (χ0) is 19.9. The lowest BCUT2D eigenvalue weighted by Gasteiger charge is -2.50. The molecule has 28 heavy (non-hydrogen) atoms. The van der Waals surface area contributed by atoms with Crippen LogP contribution in [0.25, 0.3) is 0 Å². The van der Waals surface area contributed by atoms with Crippen molar-refractivity contribution < 1.29 is 14.4 Å². The molecular weight excluding hydrogens is 346 g/mol. The number of carbonyl (C=O) groups excluding carboxylic acids is 1. The van der Waals surface area contributed by atoms with Crippen LogP contribution in [0.5, 0.6) is 0 Å². The molecule has 0 aromatic heterocycles. The van der Waals surface area contributed by atoms with E-state index >= 15 is 0 Å². The molecule has 2 heterocycles. The molecule has 156 valence electrons. The molecule has 8 atom stereocenters. The number of hydrogen-bond donors (Lipinski definition) is 1. The van der Waals surface area contributed by atoms with Crippen LogP contribution in [0.1, 0.15) is 79.1 Å². The summed E-state index contributed by atoms with van der Waals surface area (Å²) < 4.78 is 6.03. The van der Waals surface area contributed by atoms with E-state index in [1.165, 1.54) is 50.6 Å². The largest absolute Gasteiger partial charge is 0.462 e. The van der Waals surface area contributed by atoms with Crippen molar-refractivity contribution in [3.63, 3.8) is 0 Å². The number of ether oxygens (including phenoxy) is 1. The number of esters is 1. The average molecular weight is 387 g/mol. The monoisotopic (exact) mass is 386 g/mol. The second-order valence-electron chi connectivity index (χ2n) is 12.7. The normalized spacial score (nSPS) is 52.1. The maximum absolute atomic E-state index is 13.0. The van der Waals surface area contributed by atoms with E-state index in [4.69, 9.17) is 4.74 Å². The molecule has 3 nitrogen and oxygen atoms in total. The number of fused-ring (bicyclic) bond motifs is 4. The Balaban J connectivity index is 1.34. The molecule has 1 N–H and O–H groups in total. The molecule has 5 rings (SSSR count). The highest BCUT2D eigenvalue weighted by atomic mass is 16.6. The van der Waals surface area contributed by atoms with E-state index in [0.29, 0.717) is 28.1 Å². The van der Waals surface area contributed by atoms with Gasteiger partial charge in [0.05, 0.1) is 19.1 Å². The van der Waals surface area contributed by atoms with E-state index in [1.807, 2.05) is 0 Å². The van der Waals surface area contributed by atoms with E-state index in [2.05, 4.69) is 34.3 Å². The zero-order valence-electron chi connectivity index (χ0n) is 18.5. The molecule has 0 aromatic carbocycles. The van der Waals surface area contributed by atoms with Crippen molar-refractivity contribution in [1.82, 2.24) is 0 Å². The van der Waals surface area contributed by atoms with Crippen LogP contribution in [-0.2, 0) is 9.53 Å². The fourth-order valence-electron chi connectivity index (χ4n) is 8.76. The quantitative estimate of drug-likeness (QED) is 0.578. The van der Waals surface area contributed by atoms with Crippen molar-refractivity contribution in [2.45, 2.75) is 91.2 Å². The molecule has 5 fully saturated rings. The van der Waals surface area contributed by atoms with Gasteiger partial charge in [-0.2, -0.15) is 0 Å². The summed E-state index contributed by atoms with van der Waals surface area (Å²) in [6.07, 6.45) is 10.1. The van der Waals surface area contributed by atoms with Gasteiger partial charge in [-0.1, -0.05) is 39.8 Å². The lowest BCUT2D eigenvalue weighted by molar-refractivity contribution is -0.917. The molecule has 5 aliphatic rings. The first-order valence-corrected chi connectivity index (χ1v) is 11.8. The number of hydrogen-bond acceptors (Lipinski definition) is 2. The van der Waals surface area contributed by atoms with Crippen LogP contribution >= 0.6 is 0 Å². The summed E-state index contributed by atoms with van der Waals surface area (Å²) in [5.41, 5.74) is 2.67. The summed E-state index contributed by atoms with van der Waals surface area (Å²) in [6.45, 7) is 16.5. The van der Waals surface area contributed by atoms with Gasteiger partial charge in [0.1, 0.15) is 12.0 Å². The maximum atomic E-state index is 13.0. The number of carbonyl (C=O) groups is 1. The van der Waals surface area contributed by atoms with E-state index in [1.54, 1.807) is 4.90 Å². The topological polar surface area (TPSA) is 30.7 Å². The van der Waals surface area contributed by atoms with E-state index < -0.39 is 0 Å². The lowest BCUT2D eigenvalue weighted by atomic mass is 9.55. The molecule has 0 spiro atoms. The first-order valence-electron chi connectivity index (χ1n) is 11.8. The Morgan fingerprint density at radius 1 is 1.18 bits per heavy atom. The fraction of sp³-hybridized carbons (Fsp3) is 0.880. The summed E-state index contributed by atoms with van der Waals surface area (Å²) in [4.78, 5) is 14.7. The van der Waals surface area contributed by atoms with Gasteiger partial charge in [-0.25, -0.2) is 0 Å². The predicted octanol–water partition coefficient (Wildman–Crippen LogP) is 3.78. The first kappa shape index (κ1) is 19.2. The predicted molar refractivity (Wildman–Crippen MR) is 111 cm³/mol. The van der Waals surface area contributed by atoms with Gasteiger partial charge < -0.3 is 9.64 Å². The van der Waals surface area contributed by atoms with Gasteiger partial charge in [-0.15, -0.1) is 0 Å². The van der Waals surface area contributed by atoms with Crippen LogP contribution in [0.2, 0.25) is 0 Å².